The molecule has 2 aromatic rings. The number of aliphatic carboxylic acids is 1. The van der Waals surface area contributed by atoms with Crippen LogP contribution in [-0.2, 0) is 16.1 Å². The average Bonchev–Trinajstić information content (AvgIpc) is 2.43. The first-order valence-electron chi connectivity index (χ1n) is 7.12. The Morgan fingerprint density at radius 2 is 1.81 bits per heavy atom. The van der Waals surface area contributed by atoms with E-state index in [1.807, 2.05) is 42.5 Å². The lowest BCUT2D eigenvalue weighted by molar-refractivity contribution is -0.162. The van der Waals surface area contributed by atoms with Crippen LogP contribution in [0.2, 0.25) is 0 Å². The number of carbonyl (C=O) groups is 2. The first-order chi connectivity index (χ1) is 10.1. The first kappa shape index (κ1) is 13.6. The molecule has 0 spiro atoms. The molecule has 0 aliphatic heterocycles. The Kier molecular flexibility index (Phi) is 3.37. The zero-order valence-corrected chi connectivity index (χ0v) is 11.6. The van der Waals surface area contributed by atoms with Crippen LogP contribution in [0.3, 0.4) is 0 Å². The molecule has 4 nitrogen and oxygen atoms in total. The SMILES string of the molecule is O=C(O)C1(C(=O)NCc2cccc3ccccc23)CCC1. The Morgan fingerprint density at radius 3 is 2.48 bits per heavy atom. The molecule has 0 bridgehead atoms. The van der Waals surface area contributed by atoms with Crippen LogP contribution in [0, 0.1) is 5.41 Å². The molecule has 2 N–H and O–H groups in total. The van der Waals surface area contributed by atoms with Gasteiger partial charge in [0.1, 0.15) is 5.41 Å². The summed E-state index contributed by atoms with van der Waals surface area (Å²) in [6.45, 7) is 0.356. The molecule has 21 heavy (non-hydrogen) atoms. The number of carboxylic acid groups (broad SMARTS) is 1. The van der Waals surface area contributed by atoms with E-state index in [-0.39, 0.29) is 5.91 Å². The maximum Gasteiger partial charge on any atom is 0.319 e. The van der Waals surface area contributed by atoms with Crippen LogP contribution in [0.4, 0.5) is 0 Å². The van der Waals surface area contributed by atoms with Gasteiger partial charge in [0.05, 0.1) is 0 Å². The predicted octanol–water partition coefficient (Wildman–Crippen LogP) is 2.71. The summed E-state index contributed by atoms with van der Waals surface area (Å²) in [5, 5.41) is 14.3. The van der Waals surface area contributed by atoms with Crippen LogP contribution < -0.4 is 5.32 Å². The Balaban J connectivity index is 1.78. The fourth-order valence-electron chi connectivity index (χ4n) is 2.86. The predicted molar refractivity (Wildman–Crippen MR) is 79.7 cm³/mol. The van der Waals surface area contributed by atoms with Gasteiger partial charge in [0.15, 0.2) is 0 Å². The van der Waals surface area contributed by atoms with Gasteiger partial charge in [-0.05, 0) is 29.2 Å². The van der Waals surface area contributed by atoms with Gasteiger partial charge >= 0.3 is 5.97 Å². The molecule has 108 valence electrons. The average molecular weight is 283 g/mol. The maximum absolute atomic E-state index is 12.2. The van der Waals surface area contributed by atoms with E-state index in [0.717, 1.165) is 22.8 Å². The van der Waals surface area contributed by atoms with Gasteiger partial charge < -0.3 is 10.4 Å². The number of carboxylic acids is 1. The van der Waals surface area contributed by atoms with Crippen LogP contribution in [0.25, 0.3) is 10.8 Å². The van der Waals surface area contributed by atoms with Crippen molar-refractivity contribution < 1.29 is 14.7 Å². The lowest BCUT2D eigenvalue weighted by Crippen LogP contribution is -2.50. The highest BCUT2D eigenvalue weighted by atomic mass is 16.4. The number of carbonyl (C=O) groups excluding carboxylic acids is 1. The third-order valence-corrected chi connectivity index (χ3v) is 4.37. The van der Waals surface area contributed by atoms with Gasteiger partial charge in [0.2, 0.25) is 5.91 Å². The number of fused-ring (bicyclic) bond motifs is 1. The van der Waals surface area contributed by atoms with E-state index in [4.69, 9.17) is 0 Å². The second kappa shape index (κ2) is 5.20. The monoisotopic (exact) mass is 283 g/mol. The summed E-state index contributed by atoms with van der Waals surface area (Å²) < 4.78 is 0. The van der Waals surface area contributed by atoms with Gasteiger partial charge in [-0.3, -0.25) is 9.59 Å². The quantitative estimate of drug-likeness (QED) is 0.848. The minimum atomic E-state index is -1.20. The molecule has 0 saturated heterocycles. The molecule has 2 aromatic carbocycles. The Morgan fingerprint density at radius 1 is 1.10 bits per heavy atom. The van der Waals surface area contributed by atoms with Gasteiger partial charge in [-0.1, -0.05) is 48.9 Å². The van der Waals surface area contributed by atoms with Crippen molar-refractivity contribution in [2.45, 2.75) is 25.8 Å². The van der Waals surface area contributed by atoms with E-state index in [1.165, 1.54) is 0 Å². The summed E-state index contributed by atoms with van der Waals surface area (Å²) in [5.74, 6) is -1.38. The molecule has 3 rings (SSSR count). The smallest absolute Gasteiger partial charge is 0.319 e. The zero-order valence-electron chi connectivity index (χ0n) is 11.6. The summed E-state index contributed by atoms with van der Waals surface area (Å²) >= 11 is 0. The Hall–Kier alpha value is -2.36. The van der Waals surface area contributed by atoms with Gasteiger partial charge in [-0.25, -0.2) is 0 Å². The summed E-state index contributed by atoms with van der Waals surface area (Å²) in [5.41, 5.74) is -0.203. The van der Waals surface area contributed by atoms with Crippen LogP contribution in [-0.4, -0.2) is 17.0 Å². The van der Waals surface area contributed by atoms with Gasteiger partial charge in [0.25, 0.3) is 0 Å². The van der Waals surface area contributed by atoms with Gasteiger partial charge in [-0.15, -0.1) is 0 Å². The fraction of sp³-hybridized carbons (Fsp3) is 0.294. The van der Waals surface area contributed by atoms with Crippen LogP contribution >= 0.6 is 0 Å². The maximum atomic E-state index is 12.2. The van der Waals surface area contributed by atoms with E-state index in [1.54, 1.807) is 0 Å². The minimum absolute atomic E-state index is 0.356. The van der Waals surface area contributed by atoms with E-state index >= 15 is 0 Å². The largest absolute Gasteiger partial charge is 0.480 e. The highest BCUT2D eigenvalue weighted by Crippen LogP contribution is 2.41. The molecule has 1 fully saturated rings. The van der Waals surface area contributed by atoms with Gasteiger partial charge in [-0.2, -0.15) is 0 Å². The molecule has 0 radical (unpaired) electrons. The molecule has 0 heterocycles. The third kappa shape index (κ3) is 2.27. The van der Waals surface area contributed by atoms with E-state index in [2.05, 4.69) is 5.32 Å². The lowest BCUT2D eigenvalue weighted by Gasteiger charge is -2.35. The lowest BCUT2D eigenvalue weighted by atomic mass is 9.68. The van der Waals surface area contributed by atoms with Crippen molar-refractivity contribution in [2.75, 3.05) is 0 Å². The van der Waals surface area contributed by atoms with E-state index in [9.17, 15) is 14.7 Å². The van der Waals surface area contributed by atoms with Crippen molar-refractivity contribution in [2.24, 2.45) is 5.41 Å². The molecule has 4 heteroatoms. The summed E-state index contributed by atoms with van der Waals surface area (Å²) in [6.07, 6.45) is 1.67. The van der Waals surface area contributed by atoms with Crippen molar-refractivity contribution in [3.8, 4) is 0 Å². The third-order valence-electron chi connectivity index (χ3n) is 4.37. The Labute approximate surface area is 122 Å². The molecule has 0 aromatic heterocycles. The number of hydrogen-bond donors (Lipinski definition) is 2. The Bertz CT molecular complexity index is 699. The number of amides is 1. The molecular formula is C17H17NO3. The molecular weight excluding hydrogens is 266 g/mol. The molecule has 1 amide bonds. The number of rotatable bonds is 4. The molecule has 0 atom stereocenters. The highest BCUT2D eigenvalue weighted by molar-refractivity contribution is 6.03. The number of benzene rings is 2. The zero-order chi connectivity index (χ0) is 14.9. The summed E-state index contributed by atoms with van der Waals surface area (Å²) in [6, 6.07) is 13.9. The standard InChI is InChI=1S/C17H17NO3/c19-15(17(16(20)21)9-4-10-17)18-11-13-7-3-6-12-5-1-2-8-14(12)13/h1-3,5-8H,4,9-11H2,(H,18,19)(H,20,21). The van der Waals surface area contributed by atoms with E-state index < -0.39 is 11.4 Å². The molecule has 1 aliphatic carbocycles. The van der Waals surface area contributed by atoms with Gasteiger partial charge in [0, 0.05) is 6.54 Å². The minimum Gasteiger partial charge on any atom is -0.480 e. The van der Waals surface area contributed by atoms with Crippen LogP contribution in [0.1, 0.15) is 24.8 Å². The van der Waals surface area contributed by atoms with Crippen LogP contribution in [0.5, 0.6) is 0 Å². The highest BCUT2D eigenvalue weighted by Gasteiger charge is 2.50. The fourth-order valence-corrected chi connectivity index (χ4v) is 2.86. The summed E-state index contributed by atoms with van der Waals surface area (Å²) in [7, 11) is 0. The number of nitrogens with one attached hydrogen (secondary N) is 1. The molecule has 1 saturated carbocycles. The van der Waals surface area contributed by atoms with Crippen molar-refractivity contribution in [1.29, 1.82) is 0 Å². The van der Waals surface area contributed by atoms with Crippen molar-refractivity contribution >= 4 is 22.6 Å². The van der Waals surface area contributed by atoms with Crippen LogP contribution in [0.15, 0.2) is 42.5 Å². The first-order valence-corrected chi connectivity index (χ1v) is 7.12. The second-order valence-corrected chi connectivity index (χ2v) is 5.56. The normalized spacial score (nSPS) is 16.2. The molecule has 1 aliphatic rings. The van der Waals surface area contributed by atoms with Crippen molar-refractivity contribution in [3.63, 3.8) is 0 Å². The van der Waals surface area contributed by atoms with E-state index in [0.29, 0.717) is 19.4 Å². The molecule has 0 unspecified atom stereocenters. The second-order valence-electron chi connectivity index (χ2n) is 5.56. The number of hydrogen-bond acceptors (Lipinski definition) is 2. The summed E-state index contributed by atoms with van der Waals surface area (Å²) in [4.78, 5) is 23.5. The van der Waals surface area contributed by atoms with Crippen molar-refractivity contribution in [3.05, 3.63) is 48.0 Å². The van der Waals surface area contributed by atoms with Crippen molar-refractivity contribution in [1.82, 2.24) is 5.32 Å². The topological polar surface area (TPSA) is 66.4 Å².